The van der Waals surface area contributed by atoms with Crippen molar-refractivity contribution < 1.29 is 0 Å². The second-order valence-electron chi connectivity index (χ2n) is 2.11. The number of nitrogen functional groups attached to an aromatic ring is 1. The molecule has 0 saturated heterocycles. The van der Waals surface area contributed by atoms with Crippen LogP contribution in [-0.2, 0) is 0 Å². The van der Waals surface area contributed by atoms with Gasteiger partial charge in [0, 0.05) is 0 Å². The molecule has 2 heterocycles. The van der Waals surface area contributed by atoms with Crippen LogP contribution in [0.25, 0.3) is 0 Å². The summed E-state index contributed by atoms with van der Waals surface area (Å²) in [5, 5.41) is 8.19. The number of rotatable bonds is 2. The maximum absolute atomic E-state index is 5.44. The van der Waals surface area contributed by atoms with Gasteiger partial charge in [-0.15, -0.1) is 10.2 Å². The van der Waals surface area contributed by atoms with Crippen LogP contribution in [0.2, 0.25) is 0 Å². The fourth-order valence-corrected chi connectivity index (χ4v) is 1.94. The van der Waals surface area contributed by atoms with Crippen molar-refractivity contribution in [2.45, 2.75) is 9.50 Å². The molecule has 66 valence electrons. The van der Waals surface area contributed by atoms with Gasteiger partial charge in [-0.05, 0) is 11.8 Å². The topological polar surface area (TPSA) is 77.6 Å². The van der Waals surface area contributed by atoms with Crippen LogP contribution in [0.3, 0.4) is 0 Å². The Bertz CT molecular complexity index is 370. The zero-order chi connectivity index (χ0) is 9.10. The normalized spacial score (nSPS) is 10.2. The van der Waals surface area contributed by atoms with E-state index in [1.54, 1.807) is 17.9 Å². The molecule has 2 N–H and O–H groups in total. The Morgan fingerprint density at radius 1 is 1.31 bits per heavy atom. The first-order valence-corrected chi connectivity index (χ1v) is 5.06. The van der Waals surface area contributed by atoms with Crippen molar-refractivity contribution in [2.24, 2.45) is 0 Å². The van der Waals surface area contributed by atoms with Gasteiger partial charge >= 0.3 is 0 Å². The summed E-state index contributed by atoms with van der Waals surface area (Å²) < 4.78 is 0.824. The smallest absolute Gasteiger partial charge is 0.194 e. The van der Waals surface area contributed by atoms with Gasteiger partial charge in [0.25, 0.3) is 0 Å². The van der Waals surface area contributed by atoms with Crippen molar-refractivity contribution in [1.29, 1.82) is 0 Å². The third-order valence-corrected chi connectivity index (χ3v) is 2.84. The zero-order valence-electron chi connectivity index (χ0n) is 6.41. The molecule has 2 rings (SSSR count). The van der Waals surface area contributed by atoms with Gasteiger partial charge in [-0.2, -0.15) is 0 Å². The monoisotopic (exact) mass is 211 g/mol. The highest BCUT2D eigenvalue weighted by atomic mass is 32.2. The molecule has 2 aromatic heterocycles. The van der Waals surface area contributed by atoms with Crippen LogP contribution < -0.4 is 5.73 Å². The fourth-order valence-electron chi connectivity index (χ4n) is 0.664. The summed E-state index contributed by atoms with van der Waals surface area (Å²) >= 11 is 2.82. The van der Waals surface area contributed by atoms with Gasteiger partial charge in [0.15, 0.2) is 9.50 Å². The maximum atomic E-state index is 5.44. The average molecular weight is 211 g/mol. The third-order valence-electron chi connectivity index (χ3n) is 1.17. The lowest BCUT2D eigenvalue weighted by atomic mass is 10.6. The summed E-state index contributed by atoms with van der Waals surface area (Å²) in [5.41, 5.74) is 7.66. The molecule has 0 unspecified atom stereocenters. The predicted molar refractivity (Wildman–Crippen MR) is 50.5 cm³/mol. The first-order valence-electron chi connectivity index (χ1n) is 3.36. The van der Waals surface area contributed by atoms with Gasteiger partial charge in [-0.3, -0.25) is 0 Å². The van der Waals surface area contributed by atoms with E-state index < -0.39 is 0 Å². The molecule has 0 fully saturated rings. The molecule has 0 spiro atoms. The quantitative estimate of drug-likeness (QED) is 0.748. The summed E-state index contributed by atoms with van der Waals surface area (Å²) in [5.74, 6) is 0. The lowest BCUT2D eigenvalue weighted by Crippen LogP contribution is -1.90. The van der Waals surface area contributed by atoms with Crippen LogP contribution >= 0.6 is 23.1 Å². The van der Waals surface area contributed by atoms with Gasteiger partial charge in [-0.1, -0.05) is 11.3 Å². The molecular formula is C6H5N5S2. The molecule has 13 heavy (non-hydrogen) atoms. The number of nitrogens with two attached hydrogens (primary N) is 1. The molecule has 0 saturated carbocycles. The van der Waals surface area contributed by atoms with E-state index in [2.05, 4.69) is 20.2 Å². The molecule has 2 aromatic rings. The molecule has 0 amide bonds. The van der Waals surface area contributed by atoms with Crippen LogP contribution in [0.15, 0.2) is 27.4 Å². The average Bonchev–Trinajstić information content (AvgIpc) is 2.62. The number of hydrogen-bond acceptors (Lipinski definition) is 7. The largest absolute Gasteiger partial charge is 0.396 e. The first-order chi connectivity index (χ1) is 6.34. The molecule has 5 nitrogen and oxygen atoms in total. The standard InChI is InChI=1S/C6H5N5S2/c7-4-1-8-5(9-2-4)13-6-11-10-3-12-6/h1-3H,7H2. The van der Waals surface area contributed by atoms with Gasteiger partial charge < -0.3 is 5.73 Å². The Kier molecular flexibility index (Phi) is 2.37. The summed E-state index contributed by atoms with van der Waals surface area (Å²) in [6.45, 7) is 0. The van der Waals surface area contributed by atoms with E-state index in [1.807, 2.05) is 0 Å². The second-order valence-corrected chi connectivity index (χ2v) is 4.15. The summed E-state index contributed by atoms with van der Waals surface area (Å²) in [7, 11) is 0. The van der Waals surface area contributed by atoms with Crippen LogP contribution in [-0.4, -0.2) is 20.2 Å². The number of hydrogen-bond donors (Lipinski definition) is 1. The maximum Gasteiger partial charge on any atom is 0.194 e. The first kappa shape index (κ1) is 8.39. The van der Waals surface area contributed by atoms with Crippen LogP contribution in [0, 0.1) is 0 Å². The highest BCUT2D eigenvalue weighted by Crippen LogP contribution is 2.24. The third kappa shape index (κ3) is 2.13. The van der Waals surface area contributed by atoms with Crippen molar-refractivity contribution >= 4 is 28.8 Å². The Hall–Kier alpha value is -1.21. The van der Waals surface area contributed by atoms with Crippen LogP contribution in [0.1, 0.15) is 0 Å². The summed E-state index contributed by atoms with van der Waals surface area (Å²) in [4.78, 5) is 8.04. The van der Waals surface area contributed by atoms with Crippen molar-refractivity contribution in [3.63, 3.8) is 0 Å². The molecule has 0 aromatic carbocycles. The Balaban J connectivity index is 2.15. The molecule has 0 radical (unpaired) electrons. The van der Waals surface area contributed by atoms with E-state index >= 15 is 0 Å². The number of aromatic nitrogens is 4. The van der Waals surface area contributed by atoms with Crippen LogP contribution in [0.5, 0.6) is 0 Å². The highest BCUT2D eigenvalue weighted by Gasteiger charge is 2.02. The lowest BCUT2D eigenvalue weighted by molar-refractivity contribution is 0.957. The molecule has 0 aliphatic carbocycles. The minimum atomic E-state index is 0.557. The van der Waals surface area contributed by atoms with E-state index in [0.29, 0.717) is 10.8 Å². The van der Waals surface area contributed by atoms with Crippen molar-refractivity contribution in [1.82, 2.24) is 20.2 Å². The SMILES string of the molecule is Nc1cnc(Sc2nncs2)nc1. The van der Waals surface area contributed by atoms with Gasteiger partial charge in [0.05, 0.1) is 18.1 Å². The predicted octanol–water partition coefficient (Wildman–Crippen LogP) is 1.06. The van der Waals surface area contributed by atoms with E-state index in [0.717, 1.165) is 4.34 Å². The number of anilines is 1. The molecular weight excluding hydrogens is 206 g/mol. The second kappa shape index (κ2) is 3.67. The summed E-state index contributed by atoms with van der Waals surface area (Å²) in [6, 6.07) is 0. The Morgan fingerprint density at radius 2 is 2.08 bits per heavy atom. The molecule has 0 bridgehead atoms. The summed E-state index contributed by atoms with van der Waals surface area (Å²) in [6.07, 6.45) is 3.13. The molecule has 0 atom stereocenters. The van der Waals surface area contributed by atoms with Crippen molar-refractivity contribution in [3.05, 3.63) is 17.9 Å². The van der Waals surface area contributed by atoms with Crippen molar-refractivity contribution in [3.8, 4) is 0 Å². The van der Waals surface area contributed by atoms with Gasteiger partial charge in [-0.25, -0.2) is 9.97 Å². The van der Waals surface area contributed by atoms with Gasteiger partial charge in [0.1, 0.15) is 5.51 Å². The molecule has 0 aliphatic heterocycles. The van der Waals surface area contributed by atoms with E-state index in [4.69, 9.17) is 5.73 Å². The molecule has 0 aliphatic rings. The zero-order valence-corrected chi connectivity index (χ0v) is 8.05. The minimum absolute atomic E-state index is 0.557. The Morgan fingerprint density at radius 3 is 2.69 bits per heavy atom. The molecule has 7 heteroatoms. The minimum Gasteiger partial charge on any atom is -0.396 e. The van der Waals surface area contributed by atoms with Gasteiger partial charge in [0.2, 0.25) is 0 Å². The lowest BCUT2D eigenvalue weighted by Gasteiger charge is -1.94. The van der Waals surface area contributed by atoms with Crippen molar-refractivity contribution in [2.75, 3.05) is 5.73 Å². The highest BCUT2D eigenvalue weighted by molar-refractivity contribution is 8.00. The Labute approximate surface area is 82.4 Å². The number of nitrogens with zero attached hydrogens (tertiary/aromatic N) is 4. The van der Waals surface area contributed by atoms with E-state index in [1.165, 1.54) is 23.1 Å². The van der Waals surface area contributed by atoms with E-state index in [9.17, 15) is 0 Å². The van der Waals surface area contributed by atoms with Crippen LogP contribution in [0.4, 0.5) is 5.69 Å². The van der Waals surface area contributed by atoms with E-state index in [-0.39, 0.29) is 0 Å². The fraction of sp³-hybridized carbons (Fsp3) is 0.